The SMILES string of the molecule is Cc1ccc(N2C(=O)C(Cl)=C(N3CCc4ccccc4C3)C2=O)cc1Cl. The van der Waals surface area contributed by atoms with Crippen molar-refractivity contribution in [3.8, 4) is 0 Å². The fraction of sp³-hybridized carbons (Fsp3) is 0.200. The minimum Gasteiger partial charge on any atom is -0.361 e. The number of rotatable bonds is 2. The summed E-state index contributed by atoms with van der Waals surface area (Å²) in [6, 6.07) is 13.2. The number of amides is 2. The third-order valence-electron chi connectivity index (χ3n) is 4.86. The van der Waals surface area contributed by atoms with Gasteiger partial charge in [-0.05, 0) is 42.2 Å². The molecule has 2 aliphatic heterocycles. The Kier molecular flexibility index (Phi) is 4.25. The average Bonchev–Trinajstić information content (AvgIpc) is 2.86. The smallest absolute Gasteiger partial charge is 0.283 e. The van der Waals surface area contributed by atoms with Gasteiger partial charge in [-0.25, -0.2) is 4.90 Å². The number of halogens is 2. The van der Waals surface area contributed by atoms with Crippen molar-refractivity contribution < 1.29 is 9.59 Å². The van der Waals surface area contributed by atoms with Crippen LogP contribution >= 0.6 is 23.2 Å². The van der Waals surface area contributed by atoms with E-state index in [1.165, 1.54) is 5.56 Å². The molecule has 2 heterocycles. The highest BCUT2D eigenvalue weighted by molar-refractivity contribution is 6.52. The molecule has 0 fully saturated rings. The Morgan fingerprint density at radius 1 is 0.962 bits per heavy atom. The van der Waals surface area contributed by atoms with Gasteiger partial charge in [0.1, 0.15) is 10.7 Å². The van der Waals surface area contributed by atoms with Crippen LogP contribution in [0.2, 0.25) is 5.02 Å². The molecular weight excluding hydrogens is 371 g/mol. The maximum atomic E-state index is 13.0. The summed E-state index contributed by atoms with van der Waals surface area (Å²) in [6.07, 6.45) is 0.807. The number of hydrogen-bond donors (Lipinski definition) is 0. The van der Waals surface area contributed by atoms with Crippen molar-refractivity contribution in [3.63, 3.8) is 0 Å². The summed E-state index contributed by atoms with van der Waals surface area (Å²) in [5.41, 5.74) is 3.98. The zero-order valence-electron chi connectivity index (χ0n) is 14.1. The van der Waals surface area contributed by atoms with Crippen molar-refractivity contribution in [3.05, 3.63) is 74.9 Å². The number of benzene rings is 2. The van der Waals surface area contributed by atoms with E-state index < -0.39 is 11.8 Å². The van der Waals surface area contributed by atoms with E-state index in [9.17, 15) is 9.59 Å². The summed E-state index contributed by atoms with van der Waals surface area (Å²) in [5.74, 6) is -0.912. The maximum Gasteiger partial charge on any atom is 0.283 e. The first-order valence-electron chi connectivity index (χ1n) is 8.34. The topological polar surface area (TPSA) is 40.6 Å². The summed E-state index contributed by atoms with van der Waals surface area (Å²) in [6.45, 7) is 3.06. The molecule has 6 heteroatoms. The van der Waals surface area contributed by atoms with Gasteiger partial charge < -0.3 is 4.90 Å². The first-order valence-corrected chi connectivity index (χ1v) is 9.09. The summed E-state index contributed by atoms with van der Waals surface area (Å²) < 4.78 is 0. The monoisotopic (exact) mass is 386 g/mol. The van der Waals surface area contributed by atoms with Gasteiger partial charge in [0, 0.05) is 18.1 Å². The van der Waals surface area contributed by atoms with E-state index in [1.807, 2.05) is 30.0 Å². The van der Waals surface area contributed by atoms with Crippen molar-refractivity contribution in [1.82, 2.24) is 4.90 Å². The third-order valence-corrected chi connectivity index (χ3v) is 5.61. The quantitative estimate of drug-likeness (QED) is 0.731. The van der Waals surface area contributed by atoms with E-state index in [2.05, 4.69) is 6.07 Å². The molecule has 2 aliphatic rings. The van der Waals surface area contributed by atoms with Crippen LogP contribution in [0, 0.1) is 6.92 Å². The molecule has 4 rings (SSSR count). The number of fused-ring (bicyclic) bond motifs is 1. The zero-order valence-corrected chi connectivity index (χ0v) is 15.6. The van der Waals surface area contributed by atoms with E-state index in [1.54, 1.807) is 18.2 Å². The Bertz CT molecular complexity index is 968. The summed E-state index contributed by atoms with van der Waals surface area (Å²) >= 11 is 12.5. The van der Waals surface area contributed by atoms with Crippen LogP contribution in [0.15, 0.2) is 53.2 Å². The second kappa shape index (κ2) is 6.45. The van der Waals surface area contributed by atoms with Crippen LogP contribution in [0.5, 0.6) is 0 Å². The molecule has 2 aromatic rings. The zero-order chi connectivity index (χ0) is 18.4. The molecule has 0 radical (unpaired) electrons. The molecule has 0 bridgehead atoms. The molecule has 0 atom stereocenters. The Morgan fingerprint density at radius 3 is 2.42 bits per heavy atom. The predicted octanol–water partition coefficient (Wildman–Crippen LogP) is 4.03. The fourth-order valence-corrected chi connectivity index (χ4v) is 3.87. The van der Waals surface area contributed by atoms with Crippen molar-refractivity contribution in [2.75, 3.05) is 11.4 Å². The number of carbonyl (C=O) groups excluding carboxylic acids is 2. The highest BCUT2D eigenvalue weighted by Gasteiger charge is 2.42. The second-order valence-electron chi connectivity index (χ2n) is 6.48. The van der Waals surface area contributed by atoms with Crippen LogP contribution in [0.3, 0.4) is 0 Å². The molecule has 132 valence electrons. The van der Waals surface area contributed by atoms with E-state index in [0.717, 1.165) is 22.4 Å². The maximum absolute atomic E-state index is 13.0. The van der Waals surface area contributed by atoms with Crippen molar-refractivity contribution in [1.29, 1.82) is 0 Å². The van der Waals surface area contributed by atoms with Crippen LogP contribution in [0.1, 0.15) is 16.7 Å². The average molecular weight is 387 g/mol. The van der Waals surface area contributed by atoms with Gasteiger partial charge in [-0.1, -0.05) is 53.5 Å². The first-order chi connectivity index (χ1) is 12.5. The molecule has 0 saturated carbocycles. The summed E-state index contributed by atoms with van der Waals surface area (Å²) in [7, 11) is 0. The number of imide groups is 1. The predicted molar refractivity (Wildman–Crippen MR) is 102 cm³/mol. The molecule has 2 amide bonds. The van der Waals surface area contributed by atoms with Gasteiger partial charge in [-0.2, -0.15) is 0 Å². The van der Waals surface area contributed by atoms with Gasteiger partial charge in [0.05, 0.1) is 5.69 Å². The minimum absolute atomic E-state index is 0.0360. The van der Waals surface area contributed by atoms with Crippen LogP contribution in [0.25, 0.3) is 0 Å². The van der Waals surface area contributed by atoms with Gasteiger partial charge >= 0.3 is 0 Å². The Labute approximate surface area is 161 Å². The normalized spacial score (nSPS) is 17.2. The lowest BCUT2D eigenvalue weighted by atomic mass is 9.99. The minimum atomic E-state index is -0.509. The Hall–Kier alpha value is -2.30. The number of nitrogens with zero attached hydrogens (tertiary/aromatic N) is 2. The number of hydrogen-bond acceptors (Lipinski definition) is 3. The molecule has 0 N–H and O–H groups in total. The second-order valence-corrected chi connectivity index (χ2v) is 7.27. The molecule has 0 aliphatic carbocycles. The Balaban J connectivity index is 1.67. The highest BCUT2D eigenvalue weighted by Crippen LogP contribution is 2.34. The lowest BCUT2D eigenvalue weighted by molar-refractivity contribution is -0.121. The van der Waals surface area contributed by atoms with Crippen molar-refractivity contribution in [2.45, 2.75) is 19.9 Å². The summed E-state index contributed by atoms with van der Waals surface area (Å²) in [5, 5.41) is 0.464. The standard InChI is InChI=1S/C20H16Cl2N2O2/c1-12-6-7-15(10-16(12)21)24-19(25)17(22)18(20(24)26)23-9-8-13-4-2-3-5-14(13)11-23/h2-7,10H,8-9,11H2,1H3. The molecular formula is C20H16Cl2N2O2. The third kappa shape index (κ3) is 2.70. The molecule has 2 aromatic carbocycles. The number of anilines is 1. The van der Waals surface area contributed by atoms with Gasteiger partial charge in [-0.15, -0.1) is 0 Å². The fourth-order valence-electron chi connectivity index (χ4n) is 3.41. The molecule has 4 nitrogen and oxygen atoms in total. The lowest BCUT2D eigenvalue weighted by Gasteiger charge is -2.31. The van der Waals surface area contributed by atoms with E-state index >= 15 is 0 Å². The largest absolute Gasteiger partial charge is 0.361 e. The lowest BCUT2D eigenvalue weighted by Crippen LogP contribution is -2.37. The van der Waals surface area contributed by atoms with E-state index in [4.69, 9.17) is 23.2 Å². The summed E-state index contributed by atoms with van der Waals surface area (Å²) in [4.78, 5) is 28.7. The van der Waals surface area contributed by atoms with Crippen molar-refractivity contribution >= 4 is 40.7 Å². The number of carbonyl (C=O) groups is 2. The van der Waals surface area contributed by atoms with Crippen LogP contribution in [-0.4, -0.2) is 23.3 Å². The molecule has 0 unspecified atom stereocenters. The van der Waals surface area contributed by atoms with Gasteiger partial charge in [-0.3, -0.25) is 9.59 Å². The number of aryl methyl sites for hydroxylation is 1. The van der Waals surface area contributed by atoms with E-state index in [-0.39, 0.29) is 10.7 Å². The van der Waals surface area contributed by atoms with Crippen LogP contribution in [-0.2, 0) is 22.6 Å². The molecule has 0 spiro atoms. The molecule has 0 saturated heterocycles. The highest BCUT2D eigenvalue weighted by atomic mass is 35.5. The van der Waals surface area contributed by atoms with E-state index in [0.29, 0.717) is 23.8 Å². The van der Waals surface area contributed by atoms with Gasteiger partial charge in [0.15, 0.2) is 0 Å². The van der Waals surface area contributed by atoms with Gasteiger partial charge in [0.2, 0.25) is 0 Å². The van der Waals surface area contributed by atoms with Crippen LogP contribution in [0.4, 0.5) is 5.69 Å². The van der Waals surface area contributed by atoms with Gasteiger partial charge in [0.25, 0.3) is 11.8 Å². The van der Waals surface area contributed by atoms with Crippen LogP contribution < -0.4 is 4.90 Å². The van der Waals surface area contributed by atoms with Crippen molar-refractivity contribution in [2.24, 2.45) is 0 Å². The Morgan fingerprint density at radius 2 is 1.69 bits per heavy atom. The molecule has 26 heavy (non-hydrogen) atoms. The molecule has 0 aromatic heterocycles. The first kappa shape index (κ1) is 17.1.